The number of hydrogen-bond donors (Lipinski definition) is 1. The van der Waals surface area contributed by atoms with E-state index in [-0.39, 0.29) is 17.0 Å². The molecule has 0 radical (unpaired) electrons. The summed E-state index contributed by atoms with van der Waals surface area (Å²) in [5.74, 6) is -0.561. The van der Waals surface area contributed by atoms with Gasteiger partial charge < -0.3 is 10.2 Å². The first kappa shape index (κ1) is 14.0. The van der Waals surface area contributed by atoms with Gasteiger partial charge in [0.2, 0.25) is 0 Å². The highest BCUT2D eigenvalue weighted by atomic mass is 127. The van der Waals surface area contributed by atoms with E-state index in [1.807, 2.05) is 22.6 Å². The van der Waals surface area contributed by atoms with E-state index in [1.54, 1.807) is 11.9 Å². The summed E-state index contributed by atoms with van der Waals surface area (Å²) in [5.41, 5.74) is 0.358. The van der Waals surface area contributed by atoms with E-state index in [0.29, 0.717) is 9.13 Å². The molecule has 1 N–H and O–H groups in total. The van der Waals surface area contributed by atoms with Gasteiger partial charge in [0.15, 0.2) is 0 Å². The topological polar surface area (TPSA) is 32.3 Å². The molecule has 18 heavy (non-hydrogen) atoms. The van der Waals surface area contributed by atoms with E-state index in [0.717, 1.165) is 19.5 Å². The molecule has 0 aliphatic carbocycles. The highest BCUT2D eigenvalue weighted by Crippen LogP contribution is 2.24. The summed E-state index contributed by atoms with van der Waals surface area (Å²) in [6.07, 6.45) is 0.929. The van der Waals surface area contributed by atoms with Crippen LogP contribution in [0.3, 0.4) is 0 Å². The second-order valence-electron chi connectivity index (χ2n) is 4.31. The Bertz CT molecular complexity index is 477. The van der Waals surface area contributed by atoms with Gasteiger partial charge in [-0.15, -0.1) is 0 Å². The van der Waals surface area contributed by atoms with Crippen LogP contribution < -0.4 is 5.32 Å². The molecule has 1 atom stereocenters. The first-order valence-electron chi connectivity index (χ1n) is 5.63. The third kappa shape index (κ3) is 2.78. The van der Waals surface area contributed by atoms with Crippen molar-refractivity contribution in [1.29, 1.82) is 0 Å². The van der Waals surface area contributed by atoms with Crippen LogP contribution in [0.2, 0.25) is 5.02 Å². The molecule has 2 rings (SSSR count). The van der Waals surface area contributed by atoms with Crippen molar-refractivity contribution in [3.8, 4) is 0 Å². The zero-order valence-electron chi connectivity index (χ0n) is 9.84. The molecule has 0 spiro atoms. The quantitative estimate of drug-likeness (QED) is 0.630. The Hall–Kier alpha value is -0.400. The van der Waals surface area contributed by atoms with Gasteiger partial charge in [-0.3, -0.25) is 4.79 Å². The van der Waals surface area contributed by atoms with E-state index in [1.165, 1.54) is 12.1 Å². The van der Waals surface area contributed by atoms with Gasteiger partial charge in [0.25, 0.3) is 5.91 Å². The van der Waals surface area contributed by atoms with Crippen molar-refractivity contribution in [2.24, 2.45) is 0 Å². The van der Waals surface area contributed by atoms with Crippen LogP contribution >= 0.6 is 34.2 Å². The van der Waals surface area contributed by atoms with Gasteiger partial charge in [-0.2, -0.15) is 0 Å². The average molecular weight is 383 g/mol. The lowest BCUT2D eigenvalue weighted by Gasteiger charge is -2.24. The minimum atomic E-state index is -0.401. The van der Waals surface area contributed by atoms with Gasteiger partial charge in [0, 0.05) is 23.2 Å². The maximum Gasteiger partial charge on any atom is 0.255 e. The Morgan fingerprint density at radius 2 is 2.33 bits per heavy atom. The summed E-state index contributed by atoms with van der Waals surface area (Å²) in [6, 6.07) is 2.87. The Balaban J connectivity index is 2.25. The van der Waals surface area contributed by atoms with Crippen molar-refractivity contribution in [3.05, 3.63) is 32.1 Å². The summed E-state index contributed by atoms with van der Waals surface area (Å²) in [4.78, 5) is 14.0. The molecule has 1 aromatic rings. The predicted octanol–water partition coefficient (Wildman–Crippen LogP) is 2.52. The monoisotopic (exact) mass is 382 g/mol. The van der Waals surface area contributed by atoms with Crippen molar-refractivity contribution in [2.45, 2.75) is 12.5 Å². The van der Waals surface area contributed by atoms with E-state index >= 15 is 0 Å². The second-order valence-corrected chi connectivity index (χ2v) is 5.88. The number of nitrogens with zero attached hydrogens (tertiary/aromatic N) is 1. The van der Waals surface area contributed by atoms with Gasteiger partial charge in [-0.05, 0) is 47.7 Å². The fraction of sp³-hybridized carbons (Fsp3) is 0.417. The fourth-order valence-electron chi connectivity index (χ4n) is 2.01. The van der Waals surface area contributed by atoms with Crippen LogP contribution in [0.4, 0.5) is 4.39 Å². The number of hydrogen-bond acceptors (Lipinski definition) is 2. The van der Waals surface area contributed by atoms with Crippen LogP contribution in [0, 0.1) is 9.39 Å². The van der Waals surface area contributed by atoms with E-state index in [2.05, 4.69) is 5.32 Å². The molecule has 0 saturated carbocycles. The van der Waals surface area contributed by atoms with Crippen LogP contribution in [-0.4, -0.2) is 37.0 Å². The Labute approximate surface area is 124 Å². The Kier molecular flexibility index (Phi) is 4.45. The smallest absolute Gasteiger partial charge is 0.255 e. The number of carbonyl (C=O) groups excluding carboxylic acids is 1. The molecule has 1 saturated heterocycles. The predicted molar refractivity (Wildman–Crippen MR) is 77.5 cm³/mol. The molecule has 0 aromatic heterocycles. The molecule has 1 amide bonds. The molecule has 0 bridgehead atoms. The van der Waals surface area contributed by atoms with Crippen molar-refractivity contribution >= 4 is 40.1 Å². The first-order chi connectivity index (χ1) is 8.50. The van der Waals surface area contributed by atoms with Crippen LogP contribution in [0.5, 0.6) is 0 Å². The van der Waals surface area contributed by atoms with Crippen molar-refractivity contribution in [2.75, 3.05) is 20.1 Å². The van der Waals surface area contributed by atoms with Crippen LogP contribution in [0.1, 0.15) is 16.8 Å². The molecule has 98 valence electrons. The molecule has 0 unspecified atom stereocenters. The highest BCUT2D eigenvalue weighted by Gasteiger charge is 2.25. The maximum atomic E-state index is 13.3. The van der Waals surface area contributed by atoms with E-state index < -0.39 is 5.82 Å². The van der Waals surface area contributed by atoms with Gasteiger partial charge >= 0.3 is 0 Å². The number of rotatable bonds is 2. The standard InChI is InChI=1S/C12H13ClFIN2O/c1-17(7-2-3-16-6-7)12(18)8-4-11(15)10(14)5-9(8)13/h4-5,7,16H,2-3,6H2,1H3/t7-/m1/s1. The Morgan fingerprint density at radius 1 is 1.61 bits per heavy atom. The molecule has 1 heterocycles. The van der Waals surface area contributed by atoms with Gasteiger partial charge in [0.1, 0.15) is 5.82 Å². The number of amides is 1. The van der Waals surface area contributed by atoms with Crippen molar-refractivity contribution < 1.29 is 9.18 Å². The van der Waals surface area contributed by atoms with E-state index in [4.69, 9.17) is 11.6 Å². The third-order valence-corrected chi connectivity index (χ3v) is 4.28. The third-order valence-electron chi connectivity index (χ3n) is 3.14. The highest BCUT2D eigenvalue weighted by molar-refractivity contribution is 14.1. The van der Waals surface area contributed by atoms with Gasteiger partial charge in [-0.1, -0.05) is 11.6 Å². The largest absolute Gasteiger partial charge is 0.337 e. The number of likely N-dealkylation sites (N-methyl/N-ethyl adjacent to an activating group) is 1. The zero-order chi connectivity index (χ0) is 13.3. The van der Waals surface area contributed by atoms with Crippen LogP contribution in [-0.2, 0) is 0 Å². The molecule has 1 fully saturated rings. The lowest BCUT2D eigenvalue weighted by Crippen LogP contribution is -2.38. The summed E-state index contributed by atoms with van der Waals surface area (Å²) in [7, 11) is 1.76. The number of carbonyl (C=O) groups is 1. The average Bonchev–Trinajstić information content (AvgIpc) is 2.85. The summed E-state index contributed by atoms with van der Waals surface area (Å²) in [5, 5.41) is 3.37. The van der Waals surface area contributed by atoms with Crippen molar-refractivity contribution in [1.82, 2.24) is 10.2 Å². The number of halogens is 3. The number of benzene rings is 1. The van der Waals surface area contributed by atoms with Gasteiger partial charge in [-0.25, -0.2) is 4.39 Å². The van der Waals surface area contributed by atoms with Gasteiger partial charge in [0.05, 0.1) is 10.6 Å². The lowest BCUT2D eigenvalue weighted by atomic mass is 10.1. The number of nitrogens with one attached hydrogen (secondary N) is 1. The molecule has 6 heteroatoms. The maximum absolute atomic E-state index is 13.3. The molecule has 1 aliphatic rings. The SMILES string of the molecule is CN(C(=O)c1cc(I)c(F)cc1Cl)[C@@H]1CCNC1. The second kappa shape index (κ2) is 5.71. The van der Waals surface area contributed by atoms with Crippen LogP contribution in [0.25, 0.3) is 0 Å². The first-order valence-corrected chi connectivity index (χ1v) is 7.09. The van der Waals surface area contributed by atoms with Crippen LogP contribution in [0.15, 0.2) is 12.1 Å². The zero-order valence-corrected chi connectivity index (χ0v) is 12.8. The lowest BCUT2D eigenvalue weighted by molar-refractivity contribution is 0.0744. The molecule has 1 aliphatic heterocycles. The molecule has 1 aromatic carbocycles. The van der Waals surface area contributed by atoms with Crippen molar-refractivity contribution in [3.63, 3.8) is 0 Å². The summed E-state index contributed by atoms with van der Waals surface area (Å²) >= 11 is 7.80. The summed E-state index contributed by atoms with van der Waals surface area (Å²) in [6.45, 7) is 1.70. The molecular weight excluding hydrogens is 370 g/mol. The van der Waals surface area contributed by atoms with E-state index in [9.17, 15) is 9.18 Å². The Morgan fingerprint density at radius 3 is 2.94 bits per heavy atom. The normalized spacial score (nSPS) is 19.0. The minimum Gasteiger partial charge on any atom is -0.337 e. The summed E-state index contributed by atoms with van der Waals surface area (Å²) < 4.78 is 13.7. The minimum absolute atomic E-state index is 0.161. The fourth-order valence-corrected chi connectivity index (χ4v) is 2.71. The molecule has 3 nitrogen and oxygen atoms in total. The molecular formula is C12H13ClFIN2O.